The van der Waals surface area contributed by atoms with Crippen molar-refractivity contribution in [3.8, 4) is 0 Å². The normalized spacial score (nSPS) is 13.1. The first kappa shape index (κ1) is 61.8. The number of unbranched alkanes of at least 4 members (excludes halogenated alkanes) is 17. The Labute approximate surface area is 405 Å². The molecule has 6 heteroatoms. The van der Waals surface area contributed by atoms with Gasteiger partial charge < -0.3 is 14.2 Å². The lowest BCUT2D eigenvalue weighted by Gasteiger charge is -2.18. The van der Waals surface area contributed by atoms with Gasteiger partial charge in [-0.15, -0.1) is 0 Å². The predicted molar refractivity (Wildman–Crippen MR) is 283 cm³/mol. The van der Waals surface area contributed by atoms with Gasteiger partial charge in [-0.1, -0.05) is 213 Å². The Hall–Kier alpha value is -4.19. The van der Waals surface area contributed by atoms with Gasteiger partial charge in [0.2, 0.25) is 0 Å². The molecule has 6 nitrogen and oxygen atoms in total. The first-order valence-electron chi connectivity index (χ1n) is 26.6. The number of hydrogen-bond donors (Lipinski definition) is 0. The molecule has 0 aromatic carbocycles. The van der Waals surface area contributed by atoms with Gasteiger partial charge in [0.05, 0.1) is 0 Å². The number of ether oxygens (including phenoxy) is 3. The molecule has 1 atom stereocenters. The summed E-state index contributed by atoms with van der Waals surface area (Å²) < 4.78 is 16.8. The maximum absolute atomic E-state index is 12.8. The molecule has 0 N–H and O–H groups in total. The molecule has 0 aromatic heterocycles. The Morgan fingerprint density at radius 2 is 0.621 bits per heavy atom. The standard InChI is InChI=1S/C60H96O6/c1-4-7-10-13-16-19-22-25-27-29-30-31-33-35-38-41-44-47-50-53-59(62)65-56-57(55-64-58(61)52-49-46-43-40-37-34-24-21-18-15-12-9-6-3)66-60(63)54-51-48-45-42-39-36-32-28-26-23-20-17-14-11-8-5-2/h7-12,15-21,24-28,36,39,57H,4-6,13-14,22-23,29-35,37-38,40-56H2,1-3H3/b10-7-,11-8-,12-9-,18-15-,19-16-,20-17-,24-21-,27-25-,28-26-,39-36-. The number of carbonyl (C=O) groups excluding carboxylic acids is 3. The van der Waals surface area contributed by atoms with Crippen molar-refractivity contribution in [2.24, 2.45) is 0 Å². The average molecular weight is 913 g/mol. The molecule has 0 aliphatic rings. The SMILES string of the molecule is CC\C=C/C=C\C=C/CCCCCCCC(=O)OCC(COC(=O)CCCCCCCCCCC/C=C\C/C=C\C/C=C\CC)OC(=O)CCCCC/C=C\C/C=C\C/C=C\C/C=C\CC. The fraction of sp³-hybridized carbons (Fsp3) is 0.617. The van der Waals surface area contributed by atoms with E-state index in [0.717, 1.165) is 141 Å². The maximum atomic E-state index is 12.8. The van der Waals surface area contributed by atoms with Gasteiger partial charge >= 0.3 is 17.9 Å². The Morgan fingerprint density at radius 3 is 1.03 bits per heavy atom. The zero-order chi connectivity index (χ0) is 47.9. The third kappa shape index (κ3) is 50.8. The van der Waals surface area contributed by atoms with E-state index in [1.807, 2.05) is 0 Å². The van der Waals surface area contributed by atoms with Gasteiger partial charge in [0.1, 0.15) is 13.2 Å². The van der Waals surface area contributed by atoms with Gasteiger partial charge in [-0.05, 0) is 109 Å². The summed E-state index contributed by atoms with van der Waals surface area (Å²) in [7, 11) is 0. The first-order valence-corrected chi connectivity index (χ1v) is 26.6. The van der Waals surface area contributed by atoms with Gasteiger partial charge in [0.15, 0.2) is 6.10 Å². The van der Waals surface area contributed by atoms with Gasteiger partial charge in [0.25, 0.3) is 0 Å². The van der Waals surface area contributed by atoms with Crippen LogP contribution in [0.25, 0.3) is 0 Å². The van der Waals surface area contributed by atoms with E-state index >= 15 is 0 Å². The van der Waals surface area contributed by atoms with Crippen molar-refractivity contribution in [2.75, 3.05) is 13.2 Å². The van der Waals surface area contributed by atoms with Crippen LogP contribution >= 0.6 is 0 Å². The fourth-order valence-corrected chi connectivity index (χ4v) is 6.86. The first-order chi connectivity index (χ1) is 32.5. The van der Waals surface area contributed by atoms with E-state index in [2.05, 4.69) is 142 Å². The predicted octanol–water partition coefficient (Wildman–Crippen LogP) is 17.7. The molecule has 372 valence electrons. The summed E-state index contributed by atoms with van der Waals surface area (Å²) in [5, 5.41) is 0. The van der Waals surface area contributed by atoms with E-state index in [1.54, 1.807) is 0 Å². The summed E-state index contributed by atoms with van der Waals surface area (Å²) in [6.45, 7) is 6.22. The molecule has 0 fully saturated rings. The van der Waals surface area contributed by atoms with Crippen molar-refractivity contribution < 1.29 is 28.6 Å². The highest BCUT2D eigenvalue weighted by molar-refractivity contribution is 5.71. The molecule has 0 rings (SSSR count). The lowest BCUT2D eigenvalue weighted by molar-refractivity contribution is -0.167. The highest BCUT2D eigenvalue weighted by Crippen LogP contribution is 2.14. The summed E-state index contributed by atoms with van der Waals surface area (Å²) in [6.07, 6.45) is 73.3. The summed E-state index contributed by atoms with van der Waals surface area (Å²) in [5.41, 5.74) is 0. The quantitative estimate of drug-likeness (QED) is 0.0199. The van der Waals surface area contributed by atoms with Crippen molar-refractivity contribution in [3.63, 3.8) is 0 Å². The molecule has 0 aromatic rings. The number of rotatable bonds is 46. The lowest BCUT2D eigenvalue weighted by atomic mass is 10.1. The smallest absolute Gasteiger partial charge is 0.306 e. The van der Waals surface area contributed by atoms with E-state index < -0.39 is 6.10 Å². The number of esters is 3. The molecular formula is C60H96O6. The Bertz CT molecular complexity index is 1420. The van der Waals surface area contributed by atoms with Crippen LogP contribution in [0.3, 0.4) is 0 Å². The minimum Gasteiger partial charge on any atom is -0.462 e. The maximum Gasteiger partial charge on any atom is 0.306 e. The molecule has 0 saturated carbocycles. The van der Waals surface area contributed by atoms with Crippen LogP contribution in [-0.2, 0) is 28.6 Å². The largest absolute Gasteiger partial charge is 0.462 e. The highest BCUT2D eigenvalue weighted by atomic mass is 16.6. The fourth-order valence-electron chi connectivity index (χ4n) is 6.86. The second-order valence-corrected chi connectivity index (χ2v) is 17.0. The monoisotopic (exact) mass is 913 g/mol. The van der Waals surface area contributed by atoms with Crippen LogP contribution < -0.4 is 0 Å². The van der Waals surface area contributed by atoms with Crippen molar-refractivity contribution in [1.82, 2.24) is 0 Å². The van der Waals surface area contributed by atoms with E-state index in [4.69, 9.17) is 14.2 Å². The summed E-state index contributed by atoms with van der Waals surface area (Å²) >= 11 is 0. The average Bonchev–Trinajstić information content (AvgIpc) is 3.31. The van der Waals surface area contributed by atoms with Gasteiger partial charge in [0, 0.05) is 19.3 Å². The molecule has 0 aliphatic carbocycles. The van der Waals surface area contributed by atoms with Crippen molar-refractivity contribution in [3.05, 3.63) is 122 Å². The van der Waals surface area contributed by atoms with Crippen molar-refractivity contribution in [2.45, 2.75) is 226 Å². The molecule has 0 amide bonds. The number of carbonyl (C=O) groups is 3. The van der Waals surface area contributed by atoms with Gasteiger partial charge in [-0.25, -0.2) is 0 Å². The Kier molecular flexibility index (Phi) is 50.0. The Morgan fingerprint density at radius 1 is 0.318 bits per heavy atom. The zero-order valence-corrected chi connectivity index (χ0v) is 42.4. The Balaban J connectivity index is 4.47. The minimum absolute atomic E-state index is 0.104. The van der Waals surface area contributed by atoms with Crippen LogP contribution in [0.1, 0.15) is 220 Å². The zero-order valence-electron chi connectivity index (χ0n) is 42.4. The van der Waals surface area contributed by atoms with Crippen LogP contribution in [-0.4, -0.2) is 37.2 Å². The van der Waals surface area contributed by atoms with Gasteiger partial charge in [-0.2, -0.15) is 0 Å². The second kappa shape index (κ2) is 53.4. The van der Waals surface area contributed by atoms with Crippen LogP contribution in [0.2, 0.25) is 0 Å². The van der Waals surface area contributed by atoms with Crippen molar-refractivity contribution >= 4 is 17.9 Å². The summed E-state index contributed by atoms with van der Waals surface area (Å²) in [6, 6.07) is 0. The van der Waals surface area contributed by atoms with Crippen LogP contribution in [0.15, 0.2) is 122 Å². The van der Waals surface area contributed by atoms with E-state index in [9.17, 15) is 14.4 Å². The second-order valence-electron chi connectivity index (χ2n) is 17.0. The third-order valence-corrected chi connectivity index (χ3v) is 10.8. The molecule has 0 heterocycles. The van der Waals surface area contributed by atoms with Crippen LogP contribution in [0.5, 0.6) is 0 Å². The molecule has 0 bridgehead atoms. The van der Waals surface area contributed by atoms with Crippen LogP contribution in [0.4, 0.5) is 0 Å². The molecule has 0 radical (unpaired) electrons. The minimum atomic E-state index is -0.809. The number of allylic oxidation sites excluding steroid dienone is 20. The van der Waals surface area contributed by atoms with Crippen molar-refractivity contribution in [1.29, 1.82) is 0 Å². The van der Waals surface area contributed by atoms with E-state index in [0.29, 0.717) is 12.8 Å². The third-order valence-electron chi connectivity index (χ3n) is 10.8. The number of hydrogen-bond acceptors (Lipinski definition) is 6. The molecule has 0 spiro atoms. The summed E-state index contributed by atoms with van der Waals surface area (Å²) in [5.74, 6) is -0.968. The lowest BCUT2D eigenvalue weighted by Crippen LogP contribution is -2.30. The molecule has 66 heavy (non-hydrogen) atoms. The molecule has 0 aliphatic heterocycles. The van der Waals surface area contributed by atoms with E-state index in [1.165, 1.54) is 38.5 Å². The topological polar surface area (TPSA) is 78.9 Å². The molecule has 1 unspecified atom stereocenters. The summed E-state index contributed by atoms with van der Waals surface area (Å²) in [4.78, 5) is 38.0. The molecular weight excluding hydrogens is 817 g/mol. The highest BCUT2D eigenvalue weighted by Gasteiger charge is 2.19. The van der Waals surface area contributed by atoms with E-state index in [-0.39, 0.29) is 37.5 Å². The molecule has 0 saturated heterocycles. The van der Waals surface area contributed by atoms with Gasteiger partial charge in [-0.3, -0.25) is 14.4 Å². The van der Waals surface area contributed by atoms with Crippen LogP contribution in [0, 0.1) is 0 Å².